The Balaban J connectivity index is 0.0000000900. The van der Waals surface area contributed by atoms with Crippen molar-refractivity contribution in [2.45, 2.75) is 0 Å². The average molecular weight is 175 g/mol. The molecule has 2 nitrogen and oxygen atoms in total. The van der Waals surface area contributed by atoms with Crippen LogP contribution in [0.1, 0.15) is 0 Å². The van der Waals surface area contributed by atoms with Crippen molar-refractivity contribution < 1.29 is 42.2 Å². The molecule has 2 saturated heterocycles. The fourth-order valence-electron chi connectivity index (χ4n) is 0. The predicted octanol–water partition coefficient (Wildman–Crippen LogP) is 0.354. The molecule has 36 valence electrons. The fraction of sp³-hybridized carbons (Fsp3) is 0.500. The summed E-state index contributed by atoms with van der Waals surface area (Å²) in [4.78, 5) is 0. The summed E-state index contributed by atoms with van der Waals surface area (Å²) in [5, 5.41) is 0. The molecule has 7 heavy (non-hydrogen) atoms. The second-order valence-corrected chi connectivity index (χ2v) is 1.00. The number of rotatable bonds is 0. The molecule has 0 unspecified atom stereocenters. The Morgan fingerprint density at radius 1 is 1.00 bits per heavy atom. The molecular weight excluding hydrogens is 169 g/mol. The SMILES string of the molecule is [CH-]1CO1.[CH-]1CO1.[Y+3]. The van der Waals surface area contributed by atoms with E-state index in [2.05, 4.69) is 9.47 Å². The van der Waals surface area contributed by atoms with Crippen LogP contribution in [-0.2, 0) is 42.2 Å². The van der Waals surface area contributed by atoms with Gasteiger partial charge in [0, 0.05) is 0 Å². The van der Waals surface area contributed by atoms with E-state index in [1.807, 2.05) is 0 Å². The minimum atomic E-state index is 0. The van der Waals surface area contributed by atoms with Crippen molar-refractivity contribution in [3.05, 3.63) is 13.2 Å². The van der Waals surface area contributed by atoms with Crippen LogP contribution in [0.5, 0.6) is 0 Å². The van der Waals surface area contributed by atoms with E-state index in [0.717, 1.165) is 13.2 Å². The summed E-state index contributed by atoms with van der Waals surface area (Å²) in [6, 6.07) is 0. The van der Waals surface area contributed by atoms with Crippen LogP contribution in [0.2, 0.25) is 0 Å². The maximum Gasteiger partial charge on any atom is 3.00 e. The van der Waals surface area contributed by atoms with Gasteiger partial charge in [0.05, 0.1) is 0 Å². The van der Waals surface area contributed by atoms with Crippen molar-refractivity contribution >= 4 is 0 Å². The Bertz CT molecular complexity index is 25.2. The molecule has 0 saturated carbocycles. The Kier molecular flexibility index (Phi) is 5.92. The molecule has 0 amide bonds. The molecule has 2 aliphatic heterocycles. The Labute approximate surface area is 68.4 Å². The van der Waals surface area contributed by atoms with E-state index in [-0.39, 0.29) is 32.7 Å². The summed E-state index contributed by atoms with van der Waals surface area (Å²) in [6.07, 6.45) is 0. The van der Waals surface area contributed by atoms with Crippen LogP contribution >= 0.6 is 0 Å². The molecule has 3 heteroatoms. The van der Waals surface area contributed by atoms with Crippen LogP contribution in [-0.4, -0.2) is 13.2 Å². The van der Waals surface area contributed by atoms with Crippen LogP contribution in [0.3, 0.4) is 0 Å². The molecule has 0 aromatic carbocycles. The molecule has 2 aliphatic rings. The standard InChI is InChI=1S/2C2H3O.Y/c2*1-2-3-1;/h2*1H,2H2;/q2*-1;+3. The van der Waals surface area contributed by atoms with Gasteiger partial charge in [0.25, 0.3) is 0 Å². The molecule has 0 bridgehead atoms. The van der Waals surface area contributed by atoms with E-state index in [9.17, 15) is 0 Å². The zero-order valence-corrected chi connectivity index (χ0v) is 6.80. The van der Waals surface area contributed by atoms with Crippen LogP contribution in [0, 0.1) is 13.2 Å². The van der Waals surface area contributed by atoms with E-state index < -0.39 is 0 Å². The van der Waals surface area contributed by atoms with Crippen molar-refractivity contribution in [2.75, 3.05) is 13.2 Å². The van der Waals surface area contributed by atoms with Crippen LogP contribution < -0.4 is 0 Å². The number of hydrogen-bond donors (Lipinski definition) is 0. The van der Waals surface area contributed by atoms with E-state index in [1.54, 1.807) is 13.2 Å². The molecule has 0 N–H and O–H groups in total. The van der Waals surface area contributed by atoms with E-state index >= 15 is 0 Å². The van der Waals surface area contributed by atoms with E-state index in [1.165, 1.54) is 0 Å². The third-order valence-electron chi connectivity index (χ3n) is 0.333. The number of hydrogen-bond acceptors (Lipinski definition) is 2. The van der Waals surface area contributed by atoms with Gasteiger partial charge in [0.15, 0.2) is 0 Å². The average Bonchev–Trinajstić information content (AvgIpc) is 2.31. The molecule has 0 atom stereocenters. The van der Waals surface area contributed by atoms with Crippen molar-refractivity contribution in [1.29, 1.82) is 0 Å². The van der Waals surface area contributed by atoms with Gasteiger partial charge in [-0.2, -0.15) is 13.2 Å². The van der Waals surface area contributed by atoms with E-state index in [0.29, 0.717) is 0 Å². The minimum absolute atomic E-state index is 0. The van der Waals surface area contributed by atoms with Gasteiger partial charge in [-0.1, -0.05) is 13.2 Å². The molecule has 2 fully saturated rings. The third kappa shape index (κ3) is 19.4. The Morgan fingerprint density at radius 2 is 1.14 bits per heavy atom. The molecule has 2 heterocycles. The summed E-state index contributed by atoms with van der Waals surface area (Å²) >= 11 is 0. The van der Waals surface area contributed by atoms with Gasteiger partial charge in [-0.25, -0.2) is 0 Å². The second-order valence-electron chi connectivity index (χ2n) is 1.00. The molecule has 2 rings (SSSR count). The smallest absolute Gasteiger partial charge is 0.574 e. The molecular formula is C4H6O2Y+. The number of epoxide rings is 2. The van der Waals surface area contributed by atoms with Crippen LogP contribution in [0.4, 0.5) is 0 Å². The third-order valence-corrected chi connectivity index (χ3v) is 0.333. The maximum atomic E-state index is 4.38. The molecule has 0 radical (unpaired) electrons. The van der Waals surface area contributed by atoms with Gasteiger partial charge in [0.1, 0.15) is 0 Å². The van der Waals surface area contributed by atoms with Gasteiger partial charge in [0.2, 0.25) is 0 Å². The number of ether oxygens (including phenoxy) is 2. The van der Waals surface area contributed by atoms with Crippen LogP contribution in [0.15, 0.2) is 0 Å². The molecule has 0 spiro atoms. The Hall–Kier alpha value is 1.02. The second kappa shape index (κ2) is 5.17. The van der Waals surface area contributed by atoms with Gasteiger partial charge < -0.3 is 9.47 Å². The largest absolute Gasteiger partial charge is 3.00 e. The van der Waals surface area contributed by atoms with Crippen molar-refractivity contribution in [3.8, 4) is 0 Å². The summed E-state index contributed by atoms with van der Waals surface area (Å²) in [5.74, 6) is 0. The van der Waals surface area contributed by atoms with Gasteiger partial charge in [-0.15, -0.1) is 0 Å². The normalized spacial score (nSPS) is 20.6. The first-order valence-corrected chi connectivity index (χ1v) is 1.87. The summed E-state index contributed by atoms with van der Waals surface area (Å²) < 4.78 is 8.75. The van der Waals surface area contributed by atoms with Crippen molar-refractivity contribution in [3.63, 3.8) is 0 Å². The predicted molar refractivity (Wildman–Crippen MR) is 20.5 cm³/mol. The van der Waals surface area contributed by atoms with E-state index in [4.69, 9.17) is 0 Å². The molecule has 0 aromatic heterocycles. The maximum absolute atomic E-state index is 4.38. The van der Waals surface area contributed by atoms with Gasteiger partial charge in [-0.05, 0) is 0 Å². The van der Waals surface area contributed by atoms with Crippen molar-refractivity contribution in [1.82, 2.24) is 0 Å². The fourth-order valence-corrected chi connectivity index (χ4v) is 0. The summed E-state index contributed by atoms with van der Waals surface area (Å²) in [7, 11) is 0. The quantitative estimate of drug-likeness (QED) is 0.392. The first-order chi connectivity index (χ1) is 3.00. The zero-order valence-electron chi connectivity index (χ0n) is 3.96. The Morgan fingerprint density at radius 3 is 1.14 bits per heavy atom. The monoisotopic (exact) mass is 175 g/mol. The van der Waals surface area contributed by atoms with Crippen molar-refractivity contribution in [2.24, 2.45) is 0 Å². The summed E-state index contributed by atoms with van der Waals surface area (Å²) in [6.45, 7) is 5.25. The topological polar surface area (TPSA) is 25.1 Å². The van der Waals surface area contributed by atoms with Crippen LogP contribution in [0.25, 0.3) is 0 Å². The zero-order chi connectivity index (χ0) is 4.24. The van der Waals surface area contributed by atoms with Gasteiger partial charge in [-0.3, -0.25) is 0 Å². The first kappa shape index (κ1) is 8.02. The minimum Gasteiger partial charge on any atom is -0.574 e. The summed E-state index contributed by atoms with van der Waals surface area (Å²) in [5.41, 5.74) is 0. The molecule has 0 aliphatic carbocycles. The molecule has 0 aromatic rings. The first-order valence-electron chi connectivity index (χ1n) is 1.87. The van der Waals surface area contributed by atoms with Gasteiger partial charge >= 0.3 is 32.7 Å².